The number of hydrogen-bond donors (Lipinski definition) is 0. The Balaban J connectivity index is 2.15. The minimum atomic E-state index is -0.0406. The van der Waals surface area contributed by atoms with Gasteiger partial charge >= 0.3 is 0 Å². The van der Waals surface area contributed by atoms with Gasteiger partial charge in [0.05, 0.1) is 0 Å². The first-order chi connectivity index (χ1) is 9.08. The molecule has 1 unspecified atom stereocenters. The van der Waals surface area contributed by atoms with E-state index >= 15 is 0 Å². The van der Waals surface area contributed by atoms with Crippen molar-refractivity contribution in [2.45, 2.75) is 33.1 Å². The predicted octanol–water partition coefficient (Wildman–Crippen LogP) is 4.22. The van der Waals surface area contributed by atoms with E-state index in [4.69, 9.17) is 0 Å². The van der Waals surface area contributed by atoms with Gasteiger partial charge in [0.2, 0.25) is 0 Å². The molecule has 0 amide bonds. The normalized spacial score (nSPS) is 12.2. The number of benzene rings is 2. The van der Waals surface area contributed by atoms with Gasteiger partial charge in [0, 0.05) is 12.3 Å². The first-order valence-electron chi connectivity index (χ1n) is 6.71. The van der Waals surface area contributed by atoms with Crippen LogP contribution in [-0.4, -0.2) is 5.78 Å². The van der Waals surface area contributed by atoms with Crippen molar-refractivity contribution in [3.05, 3.63) is 70.8 Å². The highest BCUT2D eigenvalue weighted by Crippen LogP contribution is 2.20. The molecule has 0 aliphatic rings. The third kappa shape index (κ3) is 3.31. The first kappa shape index (κ1) is 13.5. The molecule has 0 heterocycles. The summed E-state index contributed by atoms with van der Waals surface area (Å²) < 4.78 is 0. The molecule has 0 bridgehead atoms. The minimum absolute atomic E-state index is 0.0406. The van der Waals surface area contributed by atoms with E-state index in [9.17, 15) is 4.79 Å². The fourth-order valence-electron chi connectivity index (χ4n) is 2.26. The summed E-state index contributed by atoms with van der Waals surface area (Å²) in [6.45, 7) is 6.12. The average Bonchev–Trinajstić information content (AvgIpc) is 2.43. The van der Waals surface area contributed by atoms with E-state index in [0.29, 0.717) is 6.42 Å². The van der Waals surface area contributed by atoms with Crippen LogP contribution >= 0.6 is 0 Å². The van der Waals surface area contributed by atoms with Crippen LogP contribution in [0.1, 0.15) is 35.1 Å². The third-order valence-electron chi connectivity index (χ3n) is 3.65. The highest BCUT2D eigenvalue weighted by Gasteiger charge is 2.16. The number of aryl methyl sites for hydroxylation is 2. The molecule has 0 N–H and O–H groups in total. The molecule has 2 aromatic carbocycles. The van der Waals surface area contributed by atoms with Gasteiger partial charge in [0.1, 0.15) is 5.78 Å². The molecule has 0 radical (unpaired) electrons. The van der Waals surface area contributed by atoms with E-state index in [1.165, 1.54) is 11.1 Å². The lowest BCUT2D eigenvalue weighted by Gasteiger charge is -2.12. The zero-order valence-electron chi connectivity index (χ0n) is 11.8. The van der Waals surface area contributed by atoms with Gasteiger partial charge < -0.3 is 0 Å². The molecule has 19 heavy (non-hydrogen) atoms. The molecule has 2 rings (SSSR count). The summed E-state index contributed by atoms with van der Waals surface area (Å²) in [6.07, 6.45) is 0.517. The monoisotopic (exact) mass is 252 g/mol. The number of carbonyl (C=O) groups is 1. The summed E-state index contributed by atoms with van der Waals surface area (Å²) in [6, 6.07) is 16.3. The number of rotatable bonds is 4. The summed E-state index contributed by atoms with van der Waals surface area (Å²) in [5.41, 5.74) is 4.64. The Morgan fingerprint density at radius 2 is 1.74 bits per heavy atom. The molecule has 0 saturated carbocycles. The zero-order chi connectivity index (χ0) is 13.8. The molecule has 0 saturated heterocycles. The number of ketones is 1. The molecule has 0 aliphatic heterocycles. The van der Waals surface area contributed by atoms with Gasteiger partial charge in [-0.3, -0.25) is 4.79 Å². The van der Waals surface area contributed by atoms with Crippen LogP contribution in [0.4, 0.5) is 0 Å². The summed E-state index contributed by atoms with van der Waals surface area (Å²) in [5.74, 6) is 0.237. The van der Waals surface area contributed by atoms with Gasteiger partial charge in [-0.1, -0.05) is 61.0 Å². The van der Waals surface area contributed by atoms with Crippen molar-refractivity contribution in [1.82, 2.24) is 0 Å². The van der Waals surface area contributed by atoms with Gasteiger partial charge in [0.25, 0.3) is 0 Å². The Kier molecular flexibility index (Phi) is 4.16. The molecule has 1 atom stereocenters. The lowest BCUT2D eigenvalue weighted by atomic mass is 9.91. The molecule has 0 aromatic heterocycles. The Labute approximate surface area is 115 Å². The van der Waals surface area contributed by atoms with E-state index < -0.39 is 0 Å². The molecular weight excluding hydrogens is 232 g/mol. The van der Waals surface area contributed by atoms with Crippen LogP contribution in [0.2, 0.25) is 0 Å². The van der Waals surface area contributed by atoms with Crippen molar-refractivity contribution in [3.63, 3.8) is 0 Å². The molecule has 0 spiro atoms. The predicted molar refractivity (Wildman–Crippen MR) is 79.5 cm³/mol. The van der Waals surface area contributed by atoms with Crippen LogP contribution in [0.3, 0.4) is 0 Å². The first-order valence-corrected chi connectivity index (χ1v) is 6.71. The van der Waals surface area contributed by atoms with Gasteiger partial charge in [0.15, 0.2) is 0 Å². The largest absolute Gasteiger partial charge is 0.299 e. The molecule has 0 aliphatic carbocycles. The van der Waals surface area contributed by atoms with Gasteiger partial charge in [-0.05, 0) is 30.5 Å². The van der Waals surface area contributed by atoms with Crippen LogP contribution in [0.5, 0.6) is 0 Å². The standard InChI is InChI=1S/C18H20O/c1-13-9-10-14(2)17(11-13)12-18(19)15(3)16-7-5-4-6-8-16/h4-11,15H,12H2,1-3H3. The van der Waals surface area contributed by atoms with Gasteiger partial charge in [-0.25, -0.2) is 0 Å². The Hall–Kier alpha value is -1.89. The Morgan fingerprint density at radius 3 is 2.42 bits per heavy atom. The lowest BCUT2D eigenvalue weighted by Crippen LogP contribution is -2.12. The fourth-order valence-corrected chi connectivity index (χ4v) is 2.26. The van der Waals surface area contributed by atoms with Crippen LogP contribution < -0.4 is 0 Å². The molecule has 1 nitrogen and oxygen atoms in total. The van der Waals surface area contributed by atoms with E-state index in [1.807, 2.05) is 37.3 Å². The summed E-state index contributed by atoms with van der Waals surface area (Å²) >= 11 is 0. The second-order valence-corrected chi connectivity index (χ2v) is 5.21. The maximum Gasteiger partial charge on any atom is 0.144 e. The molecule has 98 valence electrons. The maximum atomic E-state index is 12.4. The summed E-state index contributed by atoms with van der Waals surface area (Å²) in [5, 5.41) is 0. The van der Waals surface area contributed by atoms with E-state index in [-0.39, 0.29) is 11.7 Å². The highest BCUT2D eigenvalue weighted by atomic mass is 16.1. The molecule has 1 heteroatoms. The van der Waals surface area contributed by atoms with Gasteiger partial charge in [-0.15, -0.1) is 0 Å². The average molecular weight is 252 g/mol. The molecular formula is C18H20O. The van der Waals surface area contributed by atoms with Crippen LogP contribution in [0, 0.1) is 13.8 Å². The number of hydrogen-bond acceptors (Lipinski definition) is 1. The molecule has 0 fully saturated rings. The van der Waals surface area contributed by atoms with Crippen molar-refractivity contribution in [1.29, 1.82) is 0 Å². The maximum absolute atomic E-state index is 12.4. The van der Waals surface area contributed by atoms with Crippen molar-refractivity contribution >= 4 is 5.78 Å². The number of carbonyl (C=O) groups excluding carboxylic acids is 1. The summed E-state index contributed by atoms with van der Waals surface area (Å²) in [4.78, 5) is 12.4. The van der Waals surface area contributed by atoms with Gasteiger partial charge in [-0.2, -0.15) is 0 Å². The van der Waals surface area contributed by atoms with Crippen molar-refractivity contribution in [2.75, 3.05) is 0 Å². The van der Waals surface area contributed by atoms with E-state index in [0.717, 1.165) is 11.1 Å². The van der Waals surface area contributed by atoms with Crippen molar-refractivity contribution in [2.24, 2.45) is 0 Å². The summed E-state index contributed by atoms with van der Waals surface area (Å²) in [7, 11) is 0. The van der Waals surface area contributed by atoms with E-state index in [1.54, 1.807) is 0 Å². The van der Waals surface area contributed by atoms with Crippen LogP contribution in [-0.2, 0) is 11.2 Å². The van der Waals surface area contributed by atoms with Crippen molar-refractivity contribution in [3.8, 4) is 0 Å². The highest BCUT2D eigenvalue weighted by molar-refractivity contribution is 5.87. The Morgan fingerprint density at radius 1 is 1.05 bits per heavy atom. The minimum Gasteiger partial charge on any atom is -0.299 e. The molecule has 2 aromatic rings. The quantitative estimate of drug-likeness (QED) is 0.796. The van der Waals surface area contributed by atoms with Crippen LogP contribution in [0.15, 0.2) is 48.5 Å². The number of Topliss-reactive ketones (excluding diaryl/α,β-unsaturated/α-hetero) is 1. The van der Waals surface area contributed by atoms with Crippen LogP contribution in [0.25, 0.3) is 0 Å². The Bertz CT molecular complexity index is 569. The smallest absolute Gasteiger partial charge is 0.144 e. The van der Waals surface area contributed by atoms with E-state index in [2.05, 4.69) is 32.0 Å². The topological polar surface area (TPSA) is 17.1 Å². The fraction of sp³-hybridized carbons (Fsp3) is 0.278. The second-order valence-electron chi connectivity index (χ2n) is 5.21. The third-order valence-corrected chi connectivity index (χ3v) is 3.65. The zero-order valence-corrected chi connectivity index (χ0v) is 11.8. The second kappa shape index (κ2) is 5.83. The lowest BCUT2D eigenvalue weighted by molar-refractivity contribution is -0.119. The SMILES string of the molecule is Cc1ccc(C)c(CC(=O)C(C)c2ccccc2)c1. The van der Waals surface area contributed by atoms with Crippen molar-refractivity contribution < 1.29 is 4.79 Å².